The van der Waals surface area contributed by atoms with Crippen molar-refractivity contribution in [2.24, 2.45) is 0 Å². The Labute approximate surface area is 142 Å². The standard InChI is InChI=1S/C16H17BrN2O4/c1-10-6-12(17)4-5-13(10)18-9-11-7-15(22-2)16(23-3)8-14(11)19(20)21/h4-8,18H,9H2,1-3H3. The van der Waals surface area contributed by atoms with Crippen LogP contribution in [0, 0.1) is 17.0 Å². The van der Waals surface area contributed by atoms with Crippen LogP contribution in [0.15, 0.2) is 34.8 Å². The van der Waals surface area contributed by atoms with E-state index >= 15 is 0 Å². The van der Waals surface area contributed by atoms with Crippen LogP contribution in [0.25, 0.3) is 0 Å². The summed E-state index contributed by atoms with van der Waals surface area (Å²) in [6.07, 6.45) is 0. The maximum atomic E-state index is 11.3. The summed E-state index contributed by atoms with van der Waals surface area (Å²) in [6.45, 7) is 2.27. The highest BCUT2D eigenvalue weighted by molar-refractivity contribution is 9.10. The molecule has 2 aromatic carbocycles. The van der Waals surface area contributed by atoms with Gasteiger partial charge in [0.05, 0.1) is 30.8 Å². The molecule has 0 bridgehead atoms. The van der Waals surface area contributed by atoms with Gasteiger partial charge in [-0.05, 0) is 36.8 Å². The van der Waals surface area contributed by atoms with E-state index in [4.69, 9.17) is 9.47 Å². The topological polar surface area (TPSA) is 73.6 Å². The fourth-order valence-corrected chi connectivity index (χ4v) is 2.71. The lowest BCUT2D eigenvalue weighted by molar-refractivity contribution is -0.385. The minimum Gasteiger partial charge on any atom is -0.493 e. The SMILES string of the molecule is COc1cc(CNc2ccc(Br)cc2C)c([N+](=O)[O-])cc1OC. The van der Waals surface area contributed by atoms with Crippen molar-refractivity contribution in [1.29, 1.82) is 0 Å². The van der Waals surface area contributed by atoms with Crippen molar-refractivity contribution in [3.05, 3.63) is 56.0 Å². The molecule has 122 valence electrons. The number of halogens is 1. The number of aryl methyl sites for hydroxylation is 1. The van der Waals surface area contributed by atoms with Gasteiger partial charge in [0.25, 0.3) is 5.69 Å². The fourth-order valence-electron chi connectivity index (χ4n) is 2.24. The Morgan fingerprint density at radius 1 is 1.17 bits per heavy atom. The summed E-state index contributed by atoms with van der Waals surface area (Å²) in [5.74, 6) is 0.796. The third kappa shape index (κ3) is 3.92. The first kappa shape index (κ1) is 17.1. The van der Waals surface area contributed by atoms with Gasteiger partial charge in [-0.2, -0.15) is 0 Å². The summed E-state index contributed by atoms with van der Waals surface area (Å²) in [7, 11) is 2.95. The minimum absolute atomic E-state index is 0.00934. The summed E-state index contributed by atoms with van der Waals surface area (Å²) in [5.41, 5.74) is 2.47. The number of nitrogens with zero attached hydrogens (tertiary/aromatic N) is 1. The Kier molecular flexibility index (Phi) is 5.44. The van der Waals surface area contributed by atoms with Crippen LogP contribution in [0.1, 0.15) is 11.1 Å². The number of methoxy groups -OCH3 is 2. The molecule has 7 heteroatoms. The zero-order chi connectivity index (χ0) is 17.0. The van der Waals surface area contributed by atoms with Crippen LogP contribution in [-0.4, -0.2) is 19.1 Å². The molecule has 0 radical (unpaired) electrons. The number of nitro benzene ring substituents is 1. The molecular weight excluding hydrogens is 364 g/mol. The molecule has 0 unspecified atom stereocenters. The summed E-state index contributed by atoms with van der Waals surface area (Å²) in [5, 5.41) is 14.5. The van der Waals surface area contributed by atoms with Crippen LogP contribution in [0.3, 0.4) is 0 Å². The van der Waals surface area contributed by atoms with E-state index in [0.29, 0.717) is 23.6 Å². The highest BCUT2D eigenvalue weighted by Gasteiger charge is 2.19. The molecule has 0 aliphatic heterocycles. The molecule has 0 heterocycles. The Morgan fingerprint density at radius 2 is 1.83 bits per heavy atom. The third-order valence-corrected chi connectivity index (χ3v) is 3.93. The molecule has 0 spiro atoms. The van der Waals surface area contributed by atoms with Gasteiger partial charge in [-0.1, -0.05) is 15.9 Å². The first-order valence-corrected chi connectivity index (χ1v) is 7.65. The maximum absolute atomic E-state index is 11.3. The van der Waals surface area contributed by atoms with Gasteiger partial charge in [0, 0.05) is 16.7 Å². The quantitative estimate of drug-likeness (QED) is 0.597. The molecule has 2 rings (SSSR count). The minimum atomic E-state index is -0.423. The first-order valence-electron chi connectivity index (χ1n) is 6.85. The van der Waals surface area contributed by atoms with Crippen molar-refractivity contribution in [2.75, 3.05) is 19.5 Å². The van der Waals surface area contributed by atoms with Crippen LogP contribution in [0.5, 0.6) is 11.5 Å². The number of ether oxygens (including phenoxy) is 2. The van der Waals surface area contributed by atoms with E-state index in [0.717, 1.165) is 15.7 Å². The number of nitrogens with one attached hydrogen (secondary N) is 1. The van der Waals surface area contributed by atoms with Gasteiger partial charge in [-0.25, -0.2) is 0 Å². The van der Waals surface area contributed by atoms with E-state index < -0.39 is 4.92 Å². The summed E-state index contributed by atoms with van der Waals surface area (Å²) >= 11 is 3.41. The van der Waals surface area contributed by atoms with Crippen molar-refractivity contribution >= 4 is 27.3 Å². The van der Waals surface area contributed by atoms with Gasteiger partial charge in [-0.15, -0.1) is 0 Å². The number of hydrogen-bond acceptors (Lipinski definition) is 5. The molecule has 0 saturated carbocycles. The van der Waals surface area contributed by atoms with E-state index in [1.807, 2.05) is 25.1 Å². The Hall–Kier alpha value is -2.28. The second-order valence-corrected chi connectivity index (χ2v) is 5.82. The van der Waals surface area contributed by atoms with Gasteiger partial charge in [0.2, 0.25) is 0 Å². The van der Waals surface area contributed by atoms with E-state index in [2.05, 4.69) is 21.2 Å². The van der Waals surface area contributed by atoms with Gasteiger partial charge in [-0.3, -0.25) is 10.1 Å². The predicted molar refractivity (Wildman–Crippen MR) is 92.4 cm³/mol. The first-order chi connectivity index (χ1) is 11.0. The molecule has 23 heavy (non-hydrogen) atoms. The molecule has 0 atom stereocenters. The van der Waals surface area contributed by atoms with Crippen molar-refractivity contribution in [2.45, 2.75) is 13.5 Å². The van der Waals surface area contributed by atoms with E-state index in [-0.39, 0.29) is 5.69 Å². The number of anilines is 1. The fraction of sp³-hybridized carbons (Fsp3) is 0.250. The molecule has 1 N–H and O–H groups in total. The van der Waals surface area contributed by atoms with E-state index in [9.17, 15) is 10.1 Å². The van der Waals surface area contributed by atoms with Crippen LogP contribution >= 0.6 is 15.9 Å². The molecule has 0 aliphatic carbocycles. The van der Waals surface area contributed by atoms with Crippen molar-refractivity contribution in [3.8, 4) is 11.5 Å². The molecule has 0 fully saturated rings. The monoisotopic (exact) mass is 380 g/mol. The van der Waals surface area contributed by atoms with Crippen molar-refractivity contribution in [3.63, 3.8) is 0 Å². The number of hydrogen-bond donors (Lipinski definition) is 1. The second kappa shape index (κ2) is 7.32. The maximum Gasteiger partial charge on any atom is 0.278 e. The summed E-state index contributed by atoms with van der Waals surface area (Å²) in [6, 6.07) is 8.82. The third-order valence-electron chi connectivity index (χ3n) is 3.44. The van der Waals surface area contributed by atoms with Crippen molar-refractivity contribution in [1.82, 2.24) is 0 Å². The molecule has 6 nitrogen and oxygen atoms in total. The largest absolute Gasteiger partial charge is 0.493 e. The van der Waals surface area contributed by atoms with Crippen LogP contribution in [0.2, 0.25) is 0 Å². The molecule has 0 aromatic heterocycles. The number of benzene rings is 2. The average molecular weight is 381 g/mol. The van der Waals surface area contributed by atoms with Gasteiger partial charge < -0.3 is 14.8 Å². The smallest absolute Gasteiger partial charge is 0.278 e. The summed E-state index contributed by atoms with van der Waals surface area (Å²) in [4.78, 5) is 10.9. The zero-order valence-electron chi connectivity index (χ0n) is 13.1. The Bertz CT molecular complexity index is 734. The molecule has 0 aliphatic rings. The lowest BCUT2D eigenvalue weighted by Gasteiger charge is -2.13. The Morgan fingerprint density at radius 3 is 2.39 bits per heavy atom. The highest BCUT2D eigenvalue weighted by Crippen LogP contribution is 2.35. The van der Waals surface area contributed by atoms with Gasteiger partial charge >= 0.3 is 0 Å². The molecule has 2 aromatic rings. The molecule has 0 amide bonds. The van der Waals surface area contributed by atoms with Gasteiger partial charge in [0.15, 0.2) is 11.5 Å². The average Bonchev–Trinajstić information content (AvgIpc) is 2.53. The highest BCUT2D eigenvalue weighted by atomic mass is 79.9. The van der Waals surface area contributed by atoms with Crippen LogP contribution in [-0.2, 0) is 6.54 Å². The van der Waals surface area contributed by atoms with E-state index in [1.165, 1.54) is 20.3 Å². The van der Waals surface area contributed by atoms with E-state index in [1.54, 1.807) is 6.07 Å². The Balaban J connectivity index is 2.32. The van der Waals surface area contributed by atoms with Crippen molar-refractivity contribution < 1.29 is 14.4 Å². The lowest BCUT2D eigenvalue weighted by Crippen LogP contribution is -2.05. The predicted octanol–water partition coefficient (Wildman–Crippen LogP) is 4.30. The zero-order valence-corrected chi connectivity index (χ0v) is 14.6. The van der Waals surface area contributed by atoms with Gasteiger partial charge in [0.1, 0.15) is 0 Å². The number of nitro groups is 1. The van der Waals surface area contributed by atoms with Crippen LogP contribution < -0.4 is 14.8 Å². The normalized spacial score (nSPS) is 10.3. The second-order valence-electron chi connectivity index (χ2n) is 4.91. The molecular formula is C16H17BrN2O4. The lowest BCUT2D eigenvalue weighted by atomic mass is 10.1. The molecule has 0 saturated heterocycles. The summed E-state index contributed by atoms with van der Waals surface area (Å²) < 4.78 is 11.3. The number of rotatable bonds is 6. The van der Waals surface area contributed by atoms with Crippen LogP contribution in [0.4, 0.5) is 11.4 Å².